The summed E-state index contributed by atoms with van der Waals surface area (Å²) in [5.41, 5.74) is 6.89. The number of hydrogen-bond acceptors (Lipinski definition) is 3. The highest BCUT2D eigenvalue weighted by Gasteiger charge is 2.47. The van der Waals surface area contributed by atoms with Gasteiger partial charge in [0.2, 0.25) is 0 Å². The Morgan fingerprint density at radius 1 is 1.32 bits per heavy atom. The van der Waals surface area contributed by atoms with E-state index < -0.39 is 0 Å². The van der Waals surface area contributed by atoms with Crippen LogP contribution in [0.4, 0.5) is 0 Å². The molecule has 2 N–H and O–H groups in total. The molecular formula is C16H32N2O. The molecule has 0 bridgehead atoms. The molecule has 2 atom stereocenters. The second kappa shape index (κ2) is 6.11. The monoisotopic (exact) mass is 268 g/mol. The molecule has 2 rings (SSSR count). The van der Waals surface area contributed by atoms with E-state index in [4.69, 9.17) is 10.5 Å². The molecule has 2 fully saturated rings. The first kappa shape index (κ1) is 15.3. The van der Waals surface area contributed by atoms with Gasteiger partial charge in [-0.25, -0.2) is 0 Å². The van der Waals surface area contributed by atoms with Gasteiger partial charge in [-0.05, 0) is 50.5 Å². The molecule has 0 spiro atoms. The summed E-state index contributed by atoms with van der Waals surface area (Å²) in [6.45, 7) is 11.0. The Bertz CT molecular complexity index is 292. The van der Waals surface area contributed by atoms with Crippen molar-refractivity contribution in [1.82, 2.24) is 4.90 Å². The summed E-state index contributed by atoms with van der Waals surface area (Å²) in [7, 11) is 0. The molecular weight excluding hydrogens is 236 g/mol. The quantitative estimate of drug-likeness (QED) is 0.833. The average molecular weight is 268 g/mol. The van der Waals surface area contributed by atoms with Crippen molar-refractivity contribution in [2.45, 2.75) is 70.9 Å². The number of nitrogens with zero attached hydrogens (tertiary/aromatic N) is 1. The first-order valence-corrected chi connectivity index (χ1v) is 8.08. The summed E-state index contributed by atoms with van der Waals surface area (Å²) in [5, 5.41) is 0. The van der Waals surface area contributed by atoms with Gasteiger partial charge in [-0.15, -0.1) is 0 Å². The lowest BCUT2D eigenvalue weighted by atomic mass is 9.85. The summed E-state index contributed by atoms with van der Waals surface area (Å²) in [6, 6.07) is 0. The summed E-state index contributed by atoms with van der Waals surface area (Å²) in [5.74, 6) is 0. The van der Waals surface area contributed by atoms with Crippen molar-refractivity contribution in [3.63, 3.8) is 0 Å². The Morgan fingerprint density at radius 2 is 2.11 bits per heavy atom. The number of hydrogen-bond donors (Lipinski definition) is 1. The van der Waals surface area contributed by atoms with Crippen LogP contribution in [0, 0.1) is 5.41 Å². The molecule has 1 heterocycles. The van der Waals surface area contributed by atoms with Gasteiger partial charge in [0.1, 0.15) is 0 Å². The van der Waals surface area contributed by atoms with E-state index >= 15 is 0 Å². The van der Waals surface area contributed by atoms with E-state index in [1.54, 1.807) is 0 Å². The topological polar surface area (TPSA) is 38.5 Å². The molecule has 3 heteroatoms. The van der Waals surface area contributed by atoms with Gasteiger partial charge in [-0.1, -0.05) is 20.8 Å². The molecule has 3 nitrogen and oxygen atoms in total. The minimum absolute atomic E-state index is 0.248. The number of piperidine rings is 1. The van der Waals surface area contributed by atoms with Crippen LogP contribution in [0.1, 0.15) is 59.3 Å². The summed E-state index contributed by atoms with van der Waals surface area (Å²) in [4.78, 5) is 2.66. The zero-order valence-electron chi connectivity index (χ0n) is 13.1. The van der Waals surface area contributed by atoms with Gasteiger partial charge in [0.15, 0.2) is 0 Å². The first-order chi connectivity index (χ1) is 9.01. The lowest BCUT2D eigenvalue weighted by Crippen LogP contribution is -2.57. The van der Waals surface area contributed by atoms with Gasteiger partial charge < -0.3 is 10.5 Å². The Kier molecular flexibility index (Phi) is 4.91. The molecule has 1 saturated carbocycles. The molecule has 112 valence electrons. The third kappa shape index (κ3) is 3.50. The number of nitrogens with two attached hydrogens (primary N) is 1. The van der Waals surface area contributed by atoms with Crippen molar-refractivity contribution < 1.29 is 4.74 Å². The van der Waals surface area contributed by atoms with Gasteiger partial charge in [0.05, 0.1) is 6.10 Å². The zero-order chi connectivity index (χ0) is 13.9. The van der Waals surface area contributed by atoms with Gasteiger partial charge in [-0.2, -0.15) is 0 Å². The van der Waals surface area contributed by atoms with Crippen molar-refractivity contribution in [2.24, 2.45) is 11.1 Å². The standard InChI is InChI=1S/C16H32N2O/c1-4-10-19-14-6-5-9-18(11-14)16(13-17)8-7-15(2,3)12-16/h14H,4-13,17H2,1-3H3. The molecule has 0 radical (unpaired) electrons. The molecule has 0 amide bonds. The van der Waals surface area contributed by atoms with Crippen LogP contribution in [-0.4, -0.2) is 42.8 Å². The van der Waals surface area contributed by atoms with E-state index in [1.807, 2.05) is 0 Å². The predicted octanol–water partition coefficient (Wildman–Crippen LogP) is 2.79. The van der Waals surface area contributed by atoms with Crippen LogP contribution in [-0.2, 0) is 4.74 Å². The van der Waals surface area contributed by atoms with Crippen LogP contribution >= 0.6 is 0 Å². The van der Waals surface area contributed by atoms with Gasteiger partial charge >= 0.3 is 0 Å². The third-order valence-electron chi connectivity index (χ3n) is 5.06. The molecule has 2 aliphatic rings. The van der Waals surface area contributed by atoms with Crippen LogP contribution in [0.25, 0.3) is 0 Å². The SMILES string of the molecule is CCCOC1CCCN(C2(CN)CCC(C)(C)C2)C1. The van der Waals surface area contributed by atoms with Crippen molar-refractivity contribution in [3.8, 4) is 0 Å². The normalized spacial score (nSPS) is 35.7. The Hall–Kier alpha value is -0.120. The van der Waals surface area contributed by atoms with E-state index in [1.165, 1.54) is 38.6 Å². The zero-order valence-corrected chi connectivity index (χ0v) is 13.1. The minimum atomic E-state index is 0.248. The molecule has 0 aromatic carbocycles. The average Bonchev–Trinajstić information content (AvgIpc) is 2.74. The Labute approximate surface area is 118 Å². The van der Waals surface area contributed by atoms with Crippen molar-refractivity contribution in [3.05, 3.63) is 0 Å². The molecule has 1 aliphatic carbocycles. The number of ether oxygens (including phenoxy) is 1. The van der Waals surface area contributed by atoms with Crippen molar-refractivity contribution >= 4 is 0 Å². The summed E-state index contributed by atoms with van der Waals surface area (Å²) >= 11 is 0. The molecule has 2 unspecified atom stereocenters. The molecule has 1 aliphatic heterocycles. The van der Waals surface area contributed by atoms with E-state index in [2.05, 4.69) is 25.7 Å². The van der Waals surface area contributed by atoms with Gasteiger partial charge in [-0.3, -0.25) is 4.90 Å². The fourth-order valence-electron chi connectivity index (χ4n) is 4.00. The second-order valence-electron chi connectivity index (χ2n) is 7.35. The first-order valence-electron chi connectivity index (χ1n) is 8.08. The van der Waals surface area contributed by atoms with Crippen LogP contribution in [0.3, 0.4) is 0 Å². The highest BCUT2D eigenvalue weighted by atomic mass is 16.5. The maximum absolute atomic E-state index is 6.18. The van der Waals surface area contributed by atoms with E-state index in [9.17, 15) is 0 Å². The maximum Gasteiger partial charge on any atom is 0.0702 e. The van der Waals surface area contributed by atoms with Crippen molar-refractivity contribution in [2.75, 3.05) is 26.2 Å². The van der Waals surface area contributed by atoms with E-state index in [-0.39, 0.29) is 5.54 Å². The van der Waals surface area contributed by atoms with Crippen LogP contribution in [0.15, 0.2) is 0 Å². The highest BCUT2D eigenvalue weighted by Crippen LogP contribution is 2.46. The smallest absolute Gasteiger partial charge is 0.0702 e. The number of likely N-dealkylation sites (tertiary alicyclic amines) is 1. The van der Waals surface area contributed by atoms with Crippen LogP contribution in [0.5, 0.6) is 0 Å². The molecule has 19 heavy (non-hydrogen) atoms. The highest BCUT2D eigenvalue weighted by molar-refractivity contribution is 5.03. The fourth-order valence-corrected chi connectivity index (χ4v) is 4.00. The van der Waals surface area contributed by atoms with E-state index in [0.717, 1.165) is 26.1 Å². The summed E-state index contributed by atoms with van der Waals surface area (Å²) in [6.07, 6.45) is 7.85. The second-order valence-corrected chi connectivity index (χ2v) is 7.35. The van der Waals surface area contributed by atoms with Crippen LogP contribution < -0.4 is 5.73 Å². The fraction of sp³-hybridized carbons (Fsp3) is 1.00. The number of rotatable bonds is 5. The largest absolute Gasteiger partial charge is 0.377 e. The predicted molar refractivity (Wildman–Crippen MR) is 80.3 cm³/mol. The molecule has 0 aromatic rings. The van der Waals surface area contributed by atoms with Gasteiger partial charge in [0.25, 0.3) is 0 Å². The molecule has 0 aromatic heterocycles. The lowest BCUT2D eigenvalue weighted by Gasteiger charge is -2.45. The van der Waals surface area contributed by atoms with Gasteiger partial charge in [0, 0.05) is 25.2 Å². The lowest BCUT2D eigenvalue weighted by molar-refractivity contribution is -0.0372. The third-order valence-corrected chi connectivity index (χ3v) is 5.06. The summed E-state index contributed by atoms with van der Waals surface area (Å²) < 4.78 is 5.98. The van der Waals surface area contributed by atoms with Crippen LogP contribution in [0.2, 0.25) is 0 Å². The minimum Gasteiger partial charge on any atom is -0.377 e. The van der Waals surface area contributed by atoms with E-state index in [0.29, 0.717) is 11.5 Å². The Balaban J connectivity index is 1.99. The van der Waals surface area contributed by atoms with Crippen molar-refractivity contribution in [1.29, 1.82) is 0 Å². The molecule has 1 saturated heterocycles. The maximum atomic E-state index is 6.18. The Morgan fingerprint density at radius 3 is 2.68 bits per heavy atom.